The van der Waals surface area contributed by atoms with E-state index in [1.807, 2.05) is 6.07 Å². The monoisotopic (exact) mass is 324 g/mol. The molecule has 25 heavy (non-hydrogen) atoms. The van der Waals surface area contributed by atoms with Crippen LogP contribution in [0.3, 0.4) is 0 Å². The van der Waals surface area contributed by atoms with E-state index in [2.05, 4.69) is 91.7 Å². The van der Waals surface area contributed by atoms with Gasteiger partial charge in [0.05, 0.1) is 11.4 Å². The van der Waals surface area contributed by atoms with Gasteiger partial charge in [0.15, 0.2) is 0 Å². The molecule has 4 rings (SSSR count). The lowest BCUT2D eigenvalue weighted by atomic mass is 10.0. The van der Waals surface area contributed by atoms with E-state index in [4.69, 9.17) is 0 Å². The van der Waals surface area contributed by atoms with Crippen LogP contribution >= 0.6 is 0 Å². The predicted molar refractivity (Wildman–Crippen MR) is 106 cm³/mol. The molecule has 0 unspecified atom stereocenters. The summed E-state index contributed by atoms with van der Waals surface area (Å²) in [6, 6.07) is 23.1. The molecule has 0 N–H and O–H groups in total. The molecule has 0 saturated heterocycles. The molecule has 0 fully saturated rings. The fourth-order valence-electron chi connectivity index (χ4n) is 3.48. The molecule has 0 saturated carbocycles. The van der Waals surface area contributed by atoms with Crippen molar-refractivity contribution in [3.8, 4) is 0 Å². The lowest BCUT2D eigenvalue weighted by molar-refractivity contribution is 1.21. The third-order valence-electron chi connectivity index (χ3n) is 4.84. The number of aryl methyl sites for hydroxylation is 3. The van der Waals surface area contributed by atoms with Crippen molar-refractivity contribution >= 4 is 32.9 Å². The zero-order chi connectivity index (χ0) is 17.4. The summed E-state index contributed by atoms with van der Waals surface area (Å²) in [7, 11) is 0. The Balaban J connectivity index is 1.86. The van der Waals surface area contributed by atoms with Gasteiger partial charge >= 0.3 is 0 Å². The van der Waals surface area contributed by atoms with E-state index in [0.29, 0.717) is 0 Å². The van der Waals surface area contributed by atoms with Crippen molar-refractivity contribution in [1.29, 1.82) is 0 Å². The van der Waals surface area contributed by atoms with Gasteiger partial charge in [-0.1, -0.05) is 60.7 Å². The average Bonchev–Trinajstić information content (AvgIpc) is 2.63. The van der Waals surface area contributed by atoms with Crippen LogP contribution in [0.1, 0.15) is 16.7 Å². The maximum absolute atomic E-state index is 4.64. The summed E-state index contributed by atoms with van der Waals surface area (Å²) < 4.78 is 0. The summed E-state index contributed by atoms with van der Waals surface area (Å²) in [5.74, 6) is 0. The van der Waals surface area contributed by atoms with Crippen molar-refractivity contribution in [2.24, 2.45) is 10.2 Å². The first-order valence-corrected chi connectivity index (χ1v) is 8.54. The fourth-order valence-corrected chi connectivity index (χ4v) is 3.48. The minimum Gasteiger partial charge on any atom is -0.150 e. The molecule has 2 nitrogen and oxygen atoms in total. The highest BCUT2D eigenvalue weighted by Crippen LogP contribution is 2.34. The second-order valence-corrected chi connectivity index (χ2v) is 6.54. The third kappa shape index (κ3) is 2.70. The first-order chi connectivity index (χ1) is 12.1. The Morgan fingerprint density at radius 2 is 1.28 bits per heavy atom. The van der Waals surface area contributed by atoms with Crippen LogP contribution in [0.15, 0.2) is 77.0 Å². The molecule has 0 aliphatic rings. The minimum absolute atomic E-state index is 0.919. The second kappa shape index (κ2) is 6.14. The van der Waals surface area contributed by atoms with Crippen LogP contribution in [0.25, 0.3) is 21.5 Å². The molecular weight excluding hydrogens is 304 g/mol. The van der Waals surface area contributed by atoms with Crippen LogP contribution in [-0.2, 0) is 0 Å². The molecule has 4 aromatic rings. The minimum atomic E-state index is 0.919. The van der Waals surface area contributed by atoms with Gasteiger partial charge in [0.2, 0.25) is 0 Å². The van der Waals surface area contributed by atoms with Crippen LogP contribution in [0.2, 0.25) is 0 Å². The molecule has 0 aromatic heterocycles. The van der Waals surface area contributed by atoms with Crippen LogP contribution in [0, 0.1) is 20.8 Å². The lowest BCUT2D eigenvalue weighted by Gasteiger charge is -2.09. The molecule has 0 radical (unpaired) electrons. The first-order valence-electron chi connectivity index (χ1n) is 8.54. The largest absolute Gasteiger partial charge is 0.150 e. The molecule has 2 heteroatoms. The van der Waals surface area contributed by atoms with Crippen molar-refractivity contribution in [2.75, 3.05) is 0 Å². The van der Waals surface area contributed by atoms with Gasteiger partial charge < -0.3 is 0 Å². The van der Waals surface area contributed by atoms with E-state index in [0.717, 1.165) is 27.9 Å². The Labute approximate surface area is 147 Å². The van der Waals surface area contributed by atoms with E-state index >= 15 is 0 Å². The molecule has 0 aliphatic heterocycles. The van der Waals surface area contributed by atoms with Crippen molar-refractivity contribution in [2.45, 2.75) is 20.8 Å². The topological polar surface area (TPSA) is 24.7 Å². The van der Waals surface area contributed by atoms with E-state index in [-0.39, 0.29) is 0 Å². The Kier molecular flexibility index (Phi) is 3.81. The van der Waals surface area contributed by atoms with E-state index in [9.17, 15) is 0 Å². The molecule has 122 valence electrons. The van der Waals surface area contributed by atoms with Gasteiger partial charge in [-0.2, -0.15) is 5.11 Å². The van der Waals surface area contributed by atoms with Crippen molar-refractivity contribution < 1.29 is 0 Å². The number of nitrogens with zero attached hydrogens (tertiary/aromatic N) is 2. The fraction of sp³-hybridized carbons (Fsp3) is 0.130. The molecule has 4 aromatic carbocycles. The number of benzene rings is 4. The van der Waals surface area contributed by atoms with Crippen LogP contribution in [-0.4, -0.2) is 0 Å². The molecule has 0 atom stereocenters. The molecule has 0 amide bonds. The highest BCUT2D eigenvalue weighted by molar-refractivity contribution is 5.96. The summed E-state index contributed by atoms with van der Waals surface area (Å²) in [6.45, 7) is 6.35. The van der Waals surface area contributed by atoms with E-state index in [1.165, 1.54) is 21.7 Å². The Hall–Kier alpha value is -3.00. The zero-order valence-electron chi connectivity index (χ0n) is 14.7. The predicted octanol–water partition coefficient (Wildman–Crippen LogP) is 7.33. The van der Waals surface area contributed by atoms with Gasteiger partial charge in [-0.25, -0.2) is 0 Å². The Bertz CT molecular complexity index is 1120. The van der Waals surface area contributed by atoms with Gasteiger partial charge in [-0.3, -0.25) is 0 Å². The Morgan fingerprint density at radius 1 is 0.600 bits per heavy atom. The number of hydrogen-bond donors (Lipinski definition) is 0. The van der Waals surface area contributed by atoms with Crippen molar-refractivity contribution in [3.63, 3.8) is 0 Å². The van der Waals surface area contributed by atoms with Crippen molar-refractivity contribution in [3.05, 3.63) is 83.4 Å². The second-order valence-electron chi connectivity index (χ2n) is 6.54. The zero-order valence-corrected chi connectivity index (χ0v) is 14.7. The molecule has 0 aliphatic carbocycles. The molecule has 0 spiro atoms. The lowest BCUT2D eigenvalue weighted by Crippen LogP contribution is -1.84. The van der Waals surface area contributed by atoms with Gasteiger partial charge in [0, 0.05) is 5.39 Å². The molecule has 0 bridgehead atoms. The number of hydrogen-bond acceptors (Lipinski definition) is 2. The van der Waals surface area contributed by atoms with Gasteiger partial charge in [-0.15, -0.1) is 5.11 Å². The van der Waals surface area contributed by atoms with Crippen molar-refractivity contribution in [1.82, 2.24) is 0 Å². The Morgan fingerprint density at radius 3 is 2.08 bits per heavy atom. The SMILES string of the molecule is Cc1cc(C)c2ccccc2c1N=Nc1ccc2ccccc2c1C. The van der Waals surface area contributed by atoms with E-state index in [1.54, 1.807) is 0 Å². The highest BCUT2D eigenvalue weighted by atomic mass is 15.1. The van der Waals surface area contributed by atoms with E-state index < -0.39 is 0 Å². The smallest absolute Gasteiger partial charge is 0.0964 e. The maximum Gasteiger partial charge on any atom is 0.0964 e. The number of azo groups is 1. The summed E-state index contributed by atoms with van der Waals surface area (Å²) in [4.78, 5) is 0. The number of fused-ring (bicyclic) bond motifs is 2. The standard InChI is InChI=1S/C23H20N2/c1-15-14-16(2)23(21-11-7-6-9-19(15)21)25-24-22-13-12-18-8-4-5-10-20(18)17(22)3/h4-14H,1-3H3. The highest BCUT2D eigenvalue weighted by Gasteiger charge is 2.08. The molecule has 0 heterocycles. The van der Waals surface area contributed by atoms with Gasteiger partial charge in [0.25, 0.3) is 0 Å². The average molecular weight is 324 g/mol. The number of rotatable bonds is 2. The summed E-state index contributed by atoms with van der Waals surface area (Å²) in [5.41, 5.74) is 5.46. The van der Waals surface area contributed by atoms with Crippen LogP contribution < -0.4 is 0 Å². The third-order valence-corrected chi connectivity index (χ3v) is 4.84. The maximum atomic E-state index is 4.64. The first kappa shape index (κ1) is 15.5. The van der Waals surface area contributed by atoms with Crippen LogP contribution in [0.4, 0.5) is 11.4 Å². The normalized spacial score (nSPS) is 11.6. The van der Waals surface area contributed by atoms with Crippen LogP contribution in [0.5, 0.6) is 0 Å². The van der Waals surface area contributed by atoms with Gasteiger partial charge in [-0.05, 0) is 59.7 Å². The summed E-state index contributed by atoms with van der Waals surface area (Å²) in [6.07, 6.45) is 0. The summed E-state index contributed by atoms with van der Waals surface area (Å²) in [5, 5.41) is 14.1. The summed E-state index contributed by atoms with van der Waals surface area (Å²) >= 11 is 0. The molecular formula is C23H20N2. The quantitative estimate of drug-likeness (QED) is 0.345. The van der Waals surface area contributed by atoms with Gasteiger partial charge in [0.1, 0.15) is 0 Å².